The monoisotopic (exact) mass is 459 g/mol. The van der Waals surface area contributed by atoms with Gasteiger partial charge >= 0.3 is 0 Å². The van der Waals surface area contributed by atoms with E-state index >= 15 is 0 Å². The summed E-state index contributed by atoms with van der Waals surface area (Å²) in [5.74, 6) is 1.50. The molecule has 2 aromatic heterocycles. The van der Waals surface area contributed by atoms with Crippen LogP contribution in [-0.2, 0) is 0 Å². The molecular formula is C19H14BrN3O2S2. The van der Waals surface area contributed by atoms with Gasteiger partial charge in [0, 0.05) is 22.8 Å². The SMILES string of the molecule is S=C1NC(c2ccccn2)C(c2ccc(Br)s2)N1c1ccc2c(c1)OCO2. The molecule has 3 aromatic rings. The Hall–Kier alpha value is -2.16. The van der Waals surface area contributed by atoms with Crippen LogP contribution in [0.5, 0.6) is 11.5 Å². The van der Waals surface area contributed by atoms with E-state index in [4.69, 9.17) is 21.7 Å². The predicted molar refractivity (Wildman–Crippen MR) is 113 cm³/mol. The van der Waals surface area contributed by atoms with Crippen LogP contribution in [0.3, 0.4) is 0 Å². The number of rotatable bonds is 3. The second kappa shape index (κ2) is 6.78. The molecule has 5 nitrogen and oxygen atoms in total. The molecule has 0 amide bonds. The van der Waals surface area contributed by atoms with Crippen LogP contribution in [0.25, 0.3) is 0 Å². The molecule has 1 N–H and O–H groups in total. The van der Waals surface area contributed by atoms with Gasteiger partial charge in [0.15, 0.2) is 16.6 Å². The molecule has 8 heteroatoms. The number of ether oxygens (including phenoxy) is 2. The number of fused-ring (bicyclic) bond motifs is 1. The summed E-state index contributed by atoms with van der Waals surface area (Å²) in [5.41, 5.74) is 1.92. The fraction of sp³-hybridized carbons (Fsp3) is 0.158. The van der Waals surface area contributed by atoms with Crippen LogP contribution < -0.4 is 19.7 Å². The normalized spacial score (nSPS) is 20.8. The van der Waals surface area contributed by atoms with E-state index in [2.05, 4.69) is 43.3 Å². The molecule has 0 spiro atoms. The molecule has 1 aromatic carbocycles. The summed E-state index contributed by atoms with van der Waals surface area (Å²) in [4.78, 5) is 7.89. The summed E-state index contributed by atoms with van der Waals surface area (Å²) in [7, 11) is 0. The highest BCUT2D eigenvalue weighted by molar-refractivity contribution is 9.11. The van der Waals surface area contributed by atoms with E-state index in [9.17, 15) is 0 Å². The van der Waals surface area contributed by atoms with Crippen molar-refractivity contribution in [2.75, 3.05) is 11.7 Å². The van der Waals surface area contributed by atoms with Gasteiger partial charge in [-0.05, 0) is 64.5 Å². The highest BCUT2D eigenvalue weighted by Crippen LogP contribution is 2.46. The molecule has 1 fully saturated rings. The Morgan fingerprint density at radius 1 is 1.15 bits per heavy atom. The van der Waals surface area contributed by atoms with Gasteiger partial charge in [0.1, 0.15) is 0 Å². The maximum absolute atomic E-state index is 5.72. The third kappa shape index (κ3) is 2.97. The van der Waals surface area contributed by atoms with Gasteiger partial charge < -0.3 is 19.7 Å². The van der Waals surface area contributed by atoms with Crippen molar-refractivity contribution in [2.45, 2.75) is 12.1 Å². The highest BCUT2D eigenvalue weighted by atomic mass is 79.9. The first kappa shape index (κ1) is 17.0. The van der Waals surface area contributed by atoms with Gasteiger partial charge in [-0.2, -0.15) is 0 Å². The Morgan fingerprint density at radius 3 is 2.81 bits per heavy atom. The molecule has 27 heavy (non-hydrogen) atoms. The standard InChI is InChI=1S/C19H14BrN3O2S2/c20-16-7-6-15(27-16)18-17(12-3-1-2-8-21-12)22-19(26)23(18)11-4-5-13-14(9-11)25-10-24-13/h1-9,17-18H,10H2,(H,22,26). The summed E-state index contributed by atoms with van der Waals surface area (Å²) in [5, 5.41) is 4.12. The zero-order valence-electron chi connectivity index (χ0n) is 14.0. The first-order valence-corrected chi connectivity index (χ1v) is 10.4. The number of halogens is 1. The summed E-state index contributed by atoms with van der Waals surface area (Å²) in [6.07, 6.45) is 1.81. The van der Waals surface area contributed by atoms with Gasteiger partial charge in [-0.1, -0.05) is 6.07 Å². The van der Waals surface area contributed by atoms with Gasteiger partial charge in [-0.3, -0.25) is 4.98 Å². The number of pyridine rings is 1. The van der Waals surface area contributed by atoms with Crippen LogP contribution in [-0.4, -0.2) is 16.9 Å². The van der Waals surface area contributed by atoms with E-state index in [0.29, 0.717) is 5.11 Å². The second-order valence-corrected chi connectivity index (χ2v) is 9.06. The van der Waals surface area contributed by atoms with Gasteiger partial charge in [-0.15, -0.1) is 11.3 Å². The van der Waals surface area contributed by atoms with Crippen molar-refractivity contribution in [3.8, 4) is 11.5 Å². The van der Waals surface area contributed by atoms with Crippen LogP contribution in [0.2, 0.25) is 0 Å². The van der Waals surface area contributed by atoms with Gasteiger partial charge in [-0.25, -0.2) is 0 Å². The summed E-state index contributed by atoms with van der Waals surface area (Å²) >= 11 is 11.0. The largest absolute Gasteiger partial charge is 0.454 e. The van der Waals surface area contributed by atoms with E-state index in [1.807, 2.05) is 42.6 Å². The lowest BCUT2D eigenvalue weighted by Gasteiger charge is -2.27. The molecule has 0 bridgehead atoms. The van der Waals surface area contributed by atoms with Gasteiger partial charge in [0.25, 0.3) is 0 Å². The van der Waals surface area contributed by atoms with Crippen molar-refractivity contribution >= 4 is 50.3 Å². The first-order valence-electron chi connectivity index (χ1n) is 8.36. The van der Waals surface area contributed by atoms with Crippen molar-refractivity contribution in [3.63, 3.8) is 0 Å². The average molecular weight is 460 g/mol. The molecule has 0 radical (unpaired) electrons. The molecular weight excluding hydrogens is 446 g/mol. The minimum absolute atomic E-state index is 0.0101. The number of anilines is 1. The van der Waals surface area contributed by atoms with Crippen molar-refractivity contribution in [1.29, 1.82) is 0 Å². The quantitative estimate of drug-likeness (QED) is 0.566. The van der Waals surface area contributed by atoms with Crippen LogP contribution in [0.1, 0.15) is 22.7 Å². The first-order chi connectivity index (χ1) is 13.2. The third-order valence-corrected chi connectivity index (χ3v) is 6.63. The van der Waals surface area contributed by atoms with E-state index in [1.54, 1.807) is 11.3 Å². The van der Waals surface area contributed by atoms with Crippen molar-refractivity contribution in [2.24, 2.45) is 0 Å². The predicted octanol–water partition coefficient (Wildman–Crippen LogP) is 4.81. The number of nitrogens with zero attached hydrogens (tertiary/aromatic N) is 2. The fourth-order valence-electron chi connectivity index (χ4n) is 3.44. The zero-order chi connectivity index (χ0) is 18.4. The molecule has 0 saturated carbocycles. The Morgan fingerprint density at radius 2 is 2.04 bits per heavy atom. The molecule has 2 unspecified atom stereocenters. The minimum Gasteiger partial charge on any atom is -0.454 e. The van der Waals surface area contributed by atoms with E-state index < -0.39 is 0 Å². The van der Waals surface area contributed by atoms with Crippen molar-refractivity contribution in [1.82, 2.24) is 10.3 Å². The number of benzene rings is 1. The minimum atomic E-state index is -0.0466. The number of thiocarbonyl (C=S) groups is 1. The summed E-state index contributed by atoms with van der Waals surface area (Å²) in [6.45, 7) is 0.249. The number of nitrogens with one attached hydrogen (secondary N) is 1. The molecule has 136 valence electrons. The Kier molecular flexibility index (Phi) is 4.26. The molecule has 4 heterocycles. The zero-order valence-corrected chi connectivity index (χ0v) is 17.2. The number of aromatic nitrogens is 1. The molecule has 1 saturated heterocycles. The van der Waals surface area contributed by atoms with Crippen LogP contribution in [0, 0.1) is 0 Å². The van der Waals surface area contributed by atoms with Crippen LogP contribution in [0.4, 0.5) is 5.69 Å². The van der Waals surface area contributed by atoms with Crippen LogP contribution >= 0.6 is 39.5 Å². The van der Waals surface area contributed by atoms with Crippen LogP contribution in [0.15, 0.2) is 58.5 Å². The lowest BCUT2D eigenvalue weighted by atomic mass is 10.0. The molecule has 0 aliphatic carbocycles. The fourth-order valence-corrected chi connectivity index (χ4v) is 5.34. The topological polar surface area (TPSA) is 46.6 Å². The van der Waals surface area contributed by atoms with Crippen molar-refractivity contribution < 1.29 is 9.47 Å². The van der Waals surface area contributed by atoms with E-state index in [-0.39, 0.29) is 18.9 Å². The number of thiophene rings is 1. The molecule has 2 aliphatic rings. The molecule has 2 aliphatic heterocycles. The second-order valence-electron chi connectivity index (χ2n) is 6.18. The Bertz CT molecular complexity index is 1010. The maximum Gasteiger partial charge on any atom is 0.231 e. The number of hydrogen-bond acceptors (Lipinski definition) is 5. The Balaban J connectivity index is 1.61. The third-order valence-electron chi connectivity index (χ3n) is 4.62. The molecule has 2 atom stereocenters. The maximum atomic E-state index is 5.72. The van der Waals surface area contributed by atoms with Gasteiger partial charge in [0.2, 0.25) is 6.79 Å². The Labute approximate surface area is 174 Å². The highest BCUT2D eigenvalue weighted by Gasteiger charge is 2.41. The van der Waals surface area contributed by atoms with Crippen molar-refractivity contribution in [3.05, 3.63) is 69.1 Å². The van der Waals surface area contributed by atoms with E-state index in [0.717, 1.165) is 26.7 Å². The number of hydrogen-bond donors (Lipinski definition) is 1. The smallest absolute Gasteiger partial charge is 0.231 e. The lowest BCUT2D eigenvalue weighted by molar-refractivity contribution is 0.174. The summed E-state index contributed by atoms with van der Waals surface area (Å²) in [6, 6.07) is 16.0. The lowest BCUT2D eigenvalue weighted by Crippen LogP contribution is -2.29. The molecule has 5 rings (SSSR count). The van der Waals surface area contributed by atoms with E-state index in [1.165, 1.54) is 4.88 Å². The average Bonchev–Trinajstić information content (AvgIpc) is 3.39. The van der Waals surface area contributed by atoms with Gasteiger partial charge in [0.05, 0.1) is 21.6 Å². The summed E-state index contributed by atoms with van der Waals surface area (Å²) < 4.78 is 12.1.